The number of carbonyl (C=O) groups excluding carboxylic acids is 2. The minimum absolute atomic E-state index is 0.0464. The number of methoxy groups -OCH3 is 1. The number of carbonyl (C=O) groups is 2. The van der Waals surface area contributed by atoms with E-state index in [0.29, 0.717) is 18.3 Å². The lowest BCUT2D eigenvalue weighted by Crippen LogP contribution is -2.39. The van der Waals surface area contributed by atoms with Crippen molar-refractivity contribution in [1.82, 2.24) is 15.1 Å². The third kappa shape index (κ3) is 3.43. The van der Waals surface area contributed by atoms with Gasteiger partial charge in [0.05, 0.1) is 19.1 Å². The molecular weight excluding hydrogens is 342 g/mol. The first-order chi connectivity index (χ1) is 13.1. The maximum atomic E-state index is 13.4. The maximum absolute atomic E-state index is 13.4. The van der Waals surface area contributed by atoms with Gasteiger partial charge in [-0.15, -0.1) is 0 Å². The fraction of sp³-hybridized carbons (Fsp3) is 0.619. The Morgan fingerprint density at radius 1 is 1.11 bits per heavy atom. The van der Waals surface area contributed by atoms with Crippen molar-refractivity contribution in [2.24, 2.45) is 17.8 Å². The third-order valence-electron chi connectivity index (χ3n) is 6.69. The number of nitrogens with one attached hydrogen (secondary N) is 1. The van der Waals surface area contributed by atoms with Gasteiger partial charge in [-0.25, -0.2) is 0 Å². The predicted octanol–water partition coefficient (Wildman–Crippen LogP) is 1.67. The van der Waals surface area contributed by atoms with Gasteiger partial charge in [0, 0.05) is 26.6 Å². The highest BCUT2D eigenvalue weighted by atomic mass is 16.5. The zero-order chi connectivity index (χ0) is 19.0. The van der Waals surface area contributed by atoms with Gasteiger partial charge >= 0.3 is 0 Å². The monoisotopic (exact) mass is 371 g/mol. The summed E-state index contributed by atoms with van der Waals surface area (Å²) in [5.41, 5.74) is 0.999. The highest BCUT2D eigenvalue weighted by molar-refractivity contribution is 5.90. The fourth-order valence-corrected chi connectivity index (χ4v) is 5.02. The summed E-state index contributed by atoms with van der Waals surface area (Å²) in [5.74, 6) is 2.04. The molecule has 0 aliphatic carbocycles. The second kappa shape index (κ2) is 7.50. The van der Waals surface area contributed by atoms with Crippen molar-refractivity contribution >= 4 is 11.8 Å². The van der Waals surface area contributed by atoms with Gasteiger partial charge in [-0.2, -0.15) is 0 Å². The van der Waals surface area contributed by atoms with Gasteiger partial charge in [-0.1, -0.05) is 12.1 Å². The van der Waals surface area contributed by atoms with Gasteiger partial charge in [-0.3, -0.25) is 9.59 Å². The molecule has 1 N–H and O–H groups in total. The molecule has 3 aliphatic rings. The Labute approximate surface area is 160 Å². The first-order valence-corrected chi connectivity index (χ1v) is 9.97. The predicted molar refractivity (Wildman–Crippen MR) is 102 cm³/mol. The molecule has 3 aliphatic heterocycles. The third-order valence-corrected chi connectivity index (χ3v) is 6.69. The van der Waals surface area contributed by atoms with Crippen LogP contribution < -0.4 is 10.1 Å². The number of amides is 2. The van der Waals surface area contributed by atoms with E-state index in [-0.39, 0.29) is 23.8 Å². The van der Waals surface area contributed by atoms with Crippen molar-refractivity contribution < 1.29 is 14.3 Å². The van der Waals surface area contributed by atoms with E-state index in [1.165, 1.54) is 0 Å². The standard InChI is InChI=1S/C21H29N3O3/c1-23-19(25)11-18(20(23)14-3-5-17(27-2)6-4-14)21(26)24-9-7-15-12-22-13-16(15)8-10-24/h3-6,15-16,18,20,22H,7-13H2,1-2H3/t15-,16+,18?,20?. The second-order valence-corrected chi connectivity index (χ2v) is 8.11. The number of hydrogen-bond donors (Lipinski definition) is 1. The van der Waals surface area contributed by atoms with Gasteiger partial charge in [0.1, 0.15) is 5.75 Å². The van der Waals surface area contributed by atoms with E-state index < -0.39 is 0 Å². The van der Waals surface area contributed by atoms with Gasteiger partial charge in [0.25, 0.3) is 0 Å². The molecule has 3 heterocycles. The lowest BCUT2D eigenvalue weighted by Gasteiger charge is -2.29. The summed E-state index contributed by atoms with van der Waals surface area (Å²) < 4.78 is 5.24. The summed E-state index contributed by atoms with van der Waals surface area (Å²) in [7, 11) is 3.44. The Morgan fingerprint density at radius 2 is 1.74 bits per heavy atom. The molecule has 6 heteroatoms. The normalized spacial score (nSPS) is 31.0. The average molecular weight is 371 g/mol. The smallest absolute Gasteiger partial charge is 0.228 e. The zero-order valence-electron chi connectivity index (χ0n) is 16.2. The Kier molecular flexibility index (Phi) is 5.08. The van der Waals surface area contributed by atoms with Crippen LogP contribution in [0.4, 0.5) is 0 Å². The summed E-state index contributed by atoms with van der Waals surface area (Å²) in [6.07, 6.45) is 2.43. The van der Waals surface area contributed by atoms with Crippen molar-refractivity contribution in [3.63, 3.8) is 0 Å². The molecule has 4 atom stereocenters. The van der Waals surface area contributed by atoms with Gasteiger partial charge in [-0.05, 0) is 55.5 Å². The van der Waals surface area contributed by atoms with Crippen molar-refractivity contribution in [3.8, 4) is 5.75 Å². The molecule has 3 fully saturated rings. The molecule has 146 valence electrons. The van der Waals surface area contributed by atoms with Crippen molar-refractivity contribution in [3.05, 3.63) is 29.8 Å². The molecule has 2 amide bonds. The van der Waals surface area contributed by atoms with Crippen LogP contribution in [0.1, 0.15) is 30.9 Å². The van der Waals surface area contributed by atoms with E-state index >= 15 is 0 Å². The fourth-order valence-electron chi connectivity index (χ4n) is 5.02. The SMILES string of the molecule is COc1ccc(C2C(C(=O)N3CC[C@@H]4CNC[C@@H]4CC3)CC(=O)N2C)cc1. The van der Waals surface area contributed by atoms with Crippen LogP contribution in [0.25, 0.3) is 0 Å². The maximum Gasteiger partial charge on any atom is 0.228 e. The molecule has 0 bridgehead atoms. The van der Waals surface area contributed by atoms with Crippen LogP contribution in [0.15, 0.2) is 24.3 Å². The summed E-state index contributed by atoms with van der Waals surface area (Å²) in [5, 5.41) is 3.48. The van der Waals surface area contributed by atoms with E-state index in [2.05, 4.69) is 5.32 Å². The summed E-state index contributed by atoms with van der Waals surface area (Å²) >= 11 is 0. The van der Waals surface area contributed by atoms with E-state index in [9.17, 15) is 9.59 Å². The van der Waals surface area contributed by atoms with Crippen LogP contribution in [-0.4, -0.2) is 62.0 Å². The quantitative estimate of drug-likeness (QED) is 0.878. The molecule has 3 saturated heterocycles. The van der Waals surface area contributed by atoms with Crippen LogP contribution in [-0.2, 0) is 9.59 Å². The largest absolute Gasteiger partial charge is 0.497 e. The molecule has 1 aromatic carbocycles. The first-order valence-electron chi connectivity index (χ1n) is 9.97. The number of likely N-dealkylation sites (tertiary alicyclic amines) is 2. The number of fused-ring (bicyclic) bond motifs is 1. The number of rotatable bonds is 3. The highest BCUT2D eigenvalue weighted by Crippen LogP contribution is 2.39. The Balaban J connectivity index is 1.52. The van der Waals surface area contributed by atoms with Gasteiger partial charge in [0.2, 0.25) is 11.8 Å². The number of hydrogen-bond acceptors (Lipinski definition) is 4. The molecule has 0 saturated carbocycles. The number of nitrogens with zero attached hydrogens (tertiary/aromatic N) is 2. The van der Waals surface area contributed by atoms with E-state index in [1.807, 2.05) is 36.2 Å². The van der Waals surface area contributed by atoms with Crippen LogP contribution in [0.3, 0.4) is 0 Å². The van der Waals surface area contributed by atoms with Crippen molar-refractivity contribution in [2.45, 2.75) is 25.3 Å². The highest BCUT2D eigenvalue weighted by Gasteiger charge is 2.44. The van der Waals surface area contributed by atoms with Crippen molar-refractivity contribution in [1.29, 1.82) is 0 Å². The lowest BCUT2D eigenvalue weighted by atomic mass is 9.92. The van der Waals surface area contributed by atoms with Gasteiger partial charge < -0.3 is 19.9 Å². The molecule has 0 aromatic heterocycles. The molecule has 0 spiro atoms. The van der Waals surface area contributed by atoms with E-state index in [1.54, 1.807) is 12.0 Å². The Morgan fingerprint density at radius 3 is 2.33 bits per heavy atom. The summed E-state index contributed by atoms with van der Waals surface area (Å²) in [6, 6.07) is 7.54. The summed E-state index contributed by atoms with van der Waals surface area (Å²) in [4.78, 5) is 29.6. The summed E-state index contributed by atoms with van der Waals surface area (Å²) in [6.45, 7) is 3.77. The topological polar surface area (TPSA) is 61.9 Å². The van der Waals surface area contributed by atoms with Crippen LogP contribution >= 0.6 is 0 Å². The molecular formula is C21H29N3O3. The molecule has 0 radical (unpaired) electrons. The Bertz CT molecular complexity index is 691. The molecule has 27 heavy (non-hydrogen) atoms. The minimum atomic E-state index is -0.299. The second-order valence-electron chi connectivity index (χ2n) is 8.11. The van der Waals surface area contributed by atoms with Crippen molar-refractivity contribution in [2.75, 3.05) is 40.3 Å². The van der Waals surface area contributed by atoms with Crippen LogP contribution in [0.5, 0.6) is 5.75 Å². The zero-order valence-corrected chi connectivity index (χ0v) is 16.2. The molecule has 1 aromatic rings. The van der Waals surface area contributed by atoms with Gasteiger partial charge in [0.15, 0.2) is 0 Å². The van der Waals surface area contributed by atoms with E-state index in [0.717, 1.165) is 50.3 Å². The van der Waals surface area contributed by atoms with Crippen LogP contribution in [0, 0.1) is 17.8 Å². The minimum Gasteiger partial charge on any atom is -0.497 e. The molecule has 4 rings (SSSR count). The van der Waals surface area contributed by atoms with Crippen LogP contribution in [0.2, 0.25) is 0 Å². The molecule has 2 unspecified atom stereocenters. The number of ether oxygens (including phenoxy) is 1. The lowest BCUT2D eigenvalue weighted by molar-refractivity contribution is -0.136. The number of benzene rings is 1. The average Bonchev–Trinajstić information content (AvgIpc) is 3.19. The van der Waals surface area contributed by atoms with E-state index in [4.69, 9.17) is 4.74 Å². The molecule has 6 nitrogen and oxygen atoms in total. The Hall–Kier alpha value is -2.08. The first kappa shape index (κ1) is 18.3.